The normalized spacial score (nSPS) is 19.0. The van der Waals surface area contributed by atoms with E-state index in [9.17, 15) is 24.0 Å². The van der Waals surface area contributed by atoms with E-state index in [1.807, 2.05) is 34.6 Å². The van der Waals surface area contributed by atoms with Crippen molar-refractivity contribution < 1.29 is 56.5 Å². The molecule has 0 aromatic carbocycles. The van der Waals surface area contributed by atoms with Gasteiger partial charge in [0.2, 0.25) is 17.7 Å². The van der Waals surface area contributed by atoms with Crippen molar-refractivity contribution in [3.05, 3.63) is 0 Å². The summed E-state index contributed by atoms with van der Waals surface area (Å²) in [7, 11) is 0. The van der Waals surface area contributed by atoms with E-state index in [1.54, 1.807) is 0 Å². The summed E-state index contributed by atoms with van der Waals surface area (Å²) in [5.41, 5.74) is -0.237. The van der Waals surface area contributed by atoms with E-state index in [0.29, 0.717) is 32.2 Å². The molecule has 0 spiro atoms. The van der Waals surface area contributed by atoms with Crippen molar-refractivity contribution >= 4 is 29.8 Å². The number of nitrogens with zero attached hydrogens (tertiary/aromatic N) is 1. The second-order valence-electron chi connectivity index (χ2n) is 9.76. The number of rotatable bonds is 12. The van der Waals surface area contributed by atoms with Gasteiger partial charge in [0.05, 0.1) is 12.0 Å². The third-order valence-corrected chi connectivity index (χ3v) is 5.75. The number of hydrogen-bond donors (Lipinski definition) is 1. The van der Waals surface area contributed by atoms with Crippen LogP contribution in [0.5, 0.6) is 0 Å². The molecule has 1 aliphatic rings. The molecule has 8 heteroatoms. The predicted molar refractivity (Wildman–Crippen MR) is 114 cm³/mol. The third kappa shape index (κ3) is 9.57. The zero-order chi connectivity index (χ0) is 23.9. The van der Waals surface area contributed by atoms with Crippen LogP contribution >= 0.6 is 0 Å². The summed E-state index contributed by atoms with van der Waals surface area (Å²) >= 11 is 0. The number of unbranched alkanes of at least 4 members (excludes halogenated alkanes) is 2. The molecule has 1 saturated heterocycles. The van der Waals surface area contributed by atoms with Crippen LogP contribution in [-0.2, 0) is 24.0 Å². The number of nitrogens with one attached hydrogen (secondary N) is 1. The standard InChI is InChI=1S/C23H38N2O5.U/c1-15(2)18(21(29)24-16(3)14-26)12-17(27)10-8-7-9-11-25-20(28)13-19(22(25)30)23(4,5)6;/h14-16,18-19H,7-13H2,1-6H3,(H,24,29);/t16-,18-,19?;/m1./s1/i14D;. The summed E-state index contributed by atoms with van der Waals surface area (Å²) in [6, 6.07) is -0.891. The number of imide groups is 1. The van der Waals surface area contributed by atoms with E-state index in [1.165, 1.54) is 11.8 Å². The fourth-order valence-electron chi connectivity index (χ4n) is 3.69. The Kier molecular flexibility index (Phi) is 12.2. The molecule has 1 N–H and O–H groups in total. The third-order valence-electron chi connectivity index (χ3n) is 5.75. The van der Waals surface area contributed by atoms with Crippen LogP contribution in [0.3, 0.4) is 0 Å². The van der Waals surface area contributed by atoms with Gasteiger partial charge in [0, 0.05) is 62.8 Å². The van der Waals surface area contributed by atoms with Crippen molar-refractivity contribution in [3.8, 4) is 0 Å². The van der Waals surface area contributed by atoms with E-state index in [-0.39, 0.29) is 84.7 Å². The van der Waals surface area contributed by atoms with Crippen LogP contribution in [0, 0.1) is 54.3 Å². The molecule has 0 radical (unpaired) electrons. The predicted octanol–water partition coefficient (Wildman–Crippen LogP) is 2.90. The molecule has 1 unspecified atom stereocenters. The number of amides is 3. The Hall–Kier alpha value is -0.998. The van der Waals surface area contributed by atoms with Gasteiger partial charge >= 0.3 is 0 Å². The van der Waals surface area contributed by atoms with Gasteiger partial charge in [0.1, 0.15) is 13.4 Å². The minimum atomic E-state index is -0.891. The second-order valence-corrected chi connectivity index (χ2v) is 9.76. The fourth-order valence-corrected chi connectivity index (χ4v) is 3.69. The molecule has 1 rings (SSSR count). The number of aldehydes is 1. The van der Waals surface area contributed by atoms with Crippen molar-refractivity contribution in [1.29, 1.82) is 0 Å². The summed E-state index contributed by atoms with van der Waals surface area (Å²) in [6.45, 7) is 11.4. The Labute approximate surface area is 211 Å². The van der Waals surface area contributed by atoms with Crippen LogP contribution in [0.15, 0.2) is 0 Å². The van der Waals surface area contributed by atoms with Crippen LogP contribution in [0.2, 0.25) is 0 Å². The minimum absolute atomic E-state index is 0. The van der Waals surface area contributed by atoms with Crippen molar-refractivity contribution in [2.75, 3.05) is 6.54 Å². The molecule has 0 aliphatic carbocycles. The molecule has 7 nitrogen and oxygen atoms in total. The summed E-state index contributed by atoms with van der Waals surface area (Å²) in [5, 5.41) is 2.50. The molecule has 0 saturated carbocycles. The Morgan fingerprint density at radius 3 is 2.29 bits per heavy atom. The van der Waals surface area contributed by atoms with E-state index in [2.05, 4.69) is 5.32 Å². The molecule has 174 valence electrons. The summed E-state index contributed by atoms with van der Waals surface area (Å²) in [6.07, 6.45) is 1.82. The average Bonchev–Trinajstić information content (AvgIpc) is 2.93. The van der Waals surface area contributed by atoms with Crippen LogP contribution < -0.4 is 5.32 Å². The Morgan fingerprint density at radius 1 is 1.19 bits per heavy atom. The van der Waals surface area contributed by atoms with Crippen LogP contribution in [0.4, 0.5) is 0 Å². The Morgan fingerprint density at radius 2 is 1.81 bits per heavy atom. The van der Waals surface area contributed by atoms with Gasteiger partial charge in [-0.05, 0) is 31.1 Å². The number of ketones is 1. The second kappa shape index (κ2) is 13.5. The van der Waals surface area contributed by atoms with Gasteiger partial charge in [-0.1, -0.05) is 41.0 Å². The number of carbonyl (C=O) groups excluding carboxylic acids is 5. The maximum Gasteiger partial charge on any atom is 0.233 e. The fraction of sp³-hybridized carbons (Fsp3) is 0.783. The number of carbonyl (C=O) groups is 5. The Balaban J connectivity index is 0.00000961. The smallest absolute Gasteiger partial charge is 0.233 e. The number of hydrogen-bond acceptors (Lipinski definition) is 5. The molecule has 1 aliphatic heterocycles. The molecule has 0 aromatic heterocycles. The topological polar surface area (TPSA) is 101 Å². The first-order chi connectivity index (χ1) is 14.3. The molecule has 1 heterocycles. The van der Waals surface area contributed by atoms with E-state index in [0.717, 1.165) is 0 Å². The molecule has 31 heavy (non-hydrogen) atoms. The monoisotopic (exact) mass is 661 g/mol. The summed E-state index contributed by atoms with van der Waals surface area (Å²) < 4.78 is 7.06. The first-order valence-electron chi connectivity index (χ1n) is 11.4. The molecular formula is C23H38N2O5U. The van der Waals surface area contributed by atoms with Crippen molar-refractivity contribution in [3.63, 3.8) is 0 Å². The average molecular weight is 662 g/mol. The van der Waals surface area contributed by atoms with Crippen molar-refractivity contribution in [1.82, 2.24) is 10.2 Å². The first kappa shape index (κ1) is 28.0. The zero-order valence-electron chi connectivity index (χ0n) is 20.7. The zero-order valence-corrected chi connectivity index (χ0v) is 23.9. The maximum atomic E-state index is 12.5. The molecule has 3 amide bonds. The van der Waals surface area contributed by atoms with E-state index in [4.69, 9.17) is 1.37 Å². The maximum absolute atomic E-state index is 12.5. The van der Waals surface area contributed by atoms with Gasteiger partial charge in [-0.25, -0.2) is 0 Å². The number of likely N-dealkylation sites (tertiary alicyclic amines) is 1. The van der Waals surface area contributed by atoms with Gasteiger partial charge in [-0.2, -0.15) is 0 Å². The SMILES string of the molecule is [2H]C(=O)[C@@H](C)NC(=O)[C@H](CC(=O)CCCCCN1C(=O)CC(C(C)(C)C)C1=O)C(C)C.[U]. The molecule has 0 aromatic rings. The molecule has 3 atom stereocenters. The molecule has 1 fully saturated rings. The van der Waals surface area contributed by atoms with Gasteiger partial charge in [0.15, 0.2) is 0 Å². The molecular weight excluding hydrogens is 622 g/mol. The largest absolute Gasteiger partial charge is 0.347 e. The van der Waals surface area contributed by atoms with Crippen LogP contribution in [-0.4, -0.2) is 47.3 Å². The van der Waals surface area contributed by atoms with Crippen LogP contribution in [0.25, 0.3) is 0 Å². The summed E-state index contributed by atoms with van der Waals surface area (Å²) in [5.74, 6) is -1.50. The van der Waals surface area contributed by atoms with Gasteiger partial charge in [-0.15, -0.1) is 0 Å². The van der Waals surface area contributed by atoms with E-state index < -0.39 is 18.2 Å². The molecule has 0 bridgehead atoms. The van der Waals surface area contributed by atoms with Crippen molar-refractivity contribution in [2.24, 2.45) is 23.2 Å². The van der Waals surface area contributed by atoms with Gasteiger partial charge < -0.3 is 10.1 Å². The van der Waals surface area contributed by atoms with Crippen LogP contribution in [0.1, 0.15) is 81.4 Å². The van der Waals surface area contributed by atoms with E-state index >= 15 is 0 Å². The van der Waals surface area contributed by atoms with Crippen molar-refractivity contribution in [2.45, 2.75) is 86.1 Å². The quantitative estimate of drug-likeness (QED) is 0.197. The summed E-state index contributed by atoms with van der Waals surface area (Å²) in [4.78, 5) is 61.7. The number of Topliss-reactive ketones (excluding diaryl/α,β-unsaturated/α-hetero) is 1. The minimum Gasteiger partial charge on any atom is -0.347 e. The van der Waals surface area contributed by atoms with Gasteiger partial charge in [-0.3, -0.25) is 24.1 Å². The van der Waals surface area contributed by atoms with Gasteiger partial charge in [0.25, 0.3) is 0 Å². The first-order valence-corrected chi connectivity index (χ1v) is 10.9. The Bertz CT molecular complexity index is 705.